The molecular formula is C19H12F2N2O2. The Morgan fingerprint density at radius 1 is 1.12 bits per heavy atom. The topological polar surface area (TPSA) is 66.0 Å². The molecule has 0 spiro atoms. The van der Waals surface area contributed by atoms with E-state index in [4.69, 9.17) is 0 Å². The largest absolute Gasteiger partial charge is 0.477 e. The molecule has 0 amide bonds. The fourth-order valence-electron chi connectivity index (χ4n) is 2.80. The van der Waals surface area contributed by atoms with Gasteiger partial charge in [-0.3, -0.25) is 0 Å². The van der Waals surface area contributed by atoms with Gasteiger partial charge in [-0.05, 0) is 29.3 Å². The monoisotopic (exact) mass is 338 g/mol. The van der Waals surface area contributed by atoms with Crippen LogP contribution in [0.5, 0.6) is 0 Å². The molecule has 6 heteroatoms. The number of aromatic nitrogens is 1. The number of rotatable bonds is 3. The van der Waals surface area contributed by atoms with Gasteiger partial charge in [-0.25, -0.2) is 13.6 Å². The zero-order chi connectivity index (χ0) is 18.1. The minimum absolute atomic E-state index is 0.0127. The summed E-state index contributed by atoms with van der Waals surface area (Å²) in [6.45, 7) is 0. The zero-order valence-corrected chi connectivity index (χ0v) is 13.1. The third-order valence-electron chi connectivity index (χ3n) is 3.92. The average molecular weight is 338 g/mol. The minimum atomic E-state index is -1.15. The van der Waals surface area contributed by atoms with E-state index in [-0.39, 0.29) is 16.8 Å². The summed E-state index contributed by atoms with van der Waals surface area (Å²) < 4.78 is 28.6. The summed E-state index contributed by atoms with van der Waals surface area (Å²) in [7, 11) is 1.55. The first-order chi connectivity index (χ1) is 11.9. The molecule has 1 aromatic heterocycles. The quantitative estimate of drug-likeness (QED) is 0.778. The van der Waals surface area contributed by atoms with Crippen molar-refractivity contribution in [2.45, 2.75) is 0 Å². The maximum Gasteiger partial charge on any atom is 0.353 e. The van der Waals surface area contributed by atoms with E-state index >= 15 is 0 Å². The van der Waals surface area contributed by atoms with Gasteiger partial charge in [0.1, 0.15) is 23.4 Å². The molecular weight excluding hydrogens is 326 g/mol. The van der Waals surface area contributed by atoms with Gasteiger partial charge in [0.2, 0.25) is 0 Å². The second-order valence-electron chi connectivity index (χ2n) is 5.50. The number of carboxylic acid groups (broad SMARTS) is 1. The summed E-state index contributed by atoms with van der Waals surface area (Å²) in [5.41, 5.74) is 1.58. The molecule has 0 atom stereocenters. The van der Waals surface area contributed by atoms with Crippen LogP contribution in [0.25, 0.3) is 22.3 Å². The van der Waals surface area contributed by atoms with Gasteiger partial charge < -0.3 is 9.67 Å². The van der Waals surface area contributed by atoms with Crippen LogP contribution < -0.4 is 0 Å². The lowest BCUT2D eigenvalue weighted by Crippen LogP contribution is -2.05. The highest BCUT2D eigenvalue weighted by Gasteiger charge is 2.21. The van der Waals surface area contributed by atoms with Gasteiger partial charge in [0.05, 0.1) is 5.56 Å². The van der Waals surface area contributed by atoms with E-state index in [1.54, 1.807) is 31.3 Å². The lowest BCUT2D eigenvalue weighted by molar-refractivity contribution is 0.0687. The van der Waals surface area contributed by atoms with E-state index in [0.29, 0.717) is 16.7 Å². The molecule has 0 aliphatic carbocycles. The van der Waals surface area contributed by atoms with Crippen molar-refractivity contribution in [2.75, 3.05) is 0 Å². The standard InChI is InChI=1S/C19H12F2N2O2/c1-23-10-13(9-22)17(18(23)19(24)25)12-4-2-11(3-5-12)15-8-14(20)6-7-16(15)21/h2-8,10H,1H3,(H,24,25). The number of nitriles is 1. The fourth-order valence-corrected chi connectivity index (χ4v) is 2.80. The van der Waals surface area contributed by atoms with E-state index in [9.17, 15) is 23.9 Å². The predicted molar refractivity (Wildman–Crippen MR) is 87.9 cm³/mol. The van der Waals surface area contributed by atoms with E-state index in [0.717, 1.165) is 18.2 Å². The van der Waals surface area contributed by atoms with Crippen LogP contribution in [0, 0.1) is 23.0 Å². The van der Waals surface area contributed by atoms with Crippen LogP contribution in [0.15, 0.2) is 48.7 Å². The Balaban J connectivity index is 2.12. The van der Waals surface area contributed by atoms with E-state index in [1.807, 2.05) is 6.07 Å². The van der Waals surface area contributed by atoms with Crippen LogP contribution in [0.1, 0.15) is 16.1 Å². The van der Waals surface area contributed by atoms with Crippen molar-refractivity contribution < 1.29 is 18.7 Å². The highest BCUT2D eigenvalue weighted by molar-refractivity contribution is 5.96. The molecule has 3 aromatic rings. The van der Waals surface area contributed by atoms with Crippen molar-refractivity contribution in [1.29, 1.82) is 5.26 Å². The molecule has 124 valence electrons. The number of hydrogen-bond acceptors (Lipinski definition) is 2. The van der Waals surface area contributed by atoms with Crippen LogP contribution in [0.4, 0.5) is 8.78 Å². The number of aryl methyl sites for hydroxylation is 1. The molecule has 0 unspecified atom stereocenters. The van der Waals surface area contributed by atoms with Crippen molar-refractivity contribution in [2.24, 2.45) is 7.05 Å². The molecule has 0 saturated heterocycles. The lowest BCUT2D eigenvalue weighted by Gasteiger charge is -2.07. The molecule has 0 aliphatic heterocycles. The van der Waals surface area contributed by atoms with Gasteiger partial charge in [0.25, 0.3) is 0 Å². The Bertz CT molecular complexity index is 1020. The molecule has 0 radical (unpaired) electrons. The van der Waals surface area contributed by atoms with Gasteiger partial charge >= 0.3 is 5.97 Å². The minimum Gasteiger partial charge on any atom is -0.477 e. The molecule has 4 nitrogen and oxygen atoms in total. The van der Waals surface area contributed by atoms with Crippen molar-refractivity contribution in [3.05, 3.63) is 71.6 Å². The number of aromatic carboxylic acids is 1. The first kappa shape index (κ1) is 16.4. The summed E-state index contributed by atoms with van der Waals surface area (Å²) in [4.78, 5) is 11.5. The average Bonchev–Trinajstić information content (AvgIpc) is 2.94. The number of halogens is 2. The van der Waals surface area contributed by atoms with Crippen LogP contribution >= 0.6 is 0 Å². The molecule has 1 N–H and O–H groups in total. The molecule has 25 heavy (non-hydrogen) atoms. The van der Waals surface area contributed by atoms with Gasteiger partial charge in [-0.1, -0.05) is 24.3 Å². The SMILES string of the molecule is Cn1cc(C#N)c(-c2ccc(-c3cc(F)ccc3F)cc2)c1C(=O)O. The smallest absolute Gasteiger partial charge is 0.353 e. The Hall–Kier alpha value is -3.46. The predicted octanol–water partition coefficient (Wildman–Crippen LogP) is 4.21. The fraction of sp³-hybridized carbons (Fsp3) is 0.0526. The number of nitrogens with zero attached hydrogens (tertiary/aromatic N) is 2. The molecule has 2 aromatic carbocycles. The summed E-state index contributed by atoms with van der Waals surface area (Å²) in [5.74, 6) is -2.26. The molecule has 1 heterocycles. The molecule has 0 bridgehead atoms. The molecule has 0 fully saturated rings. The Morgan fingerprint density at radius 3 is 2.36 bits per heavy atom. The maximum absolute atomic E-state index is 13.9. The molecule has 3 rings (SSSR count). The number of hydrogen-bond donors (Lipinski definition) is 1. The Morgan fingerprint density at radius 2 is 1.76 bits per heavy atom. The summed E-state index contributed by atoms with van der Waals surface area (Å²) in [5, 5.41) is 18.6. The zero-order valence-electron chi connectivity index (χ0n) is 13.1. The van der Waals surface area contributed by atoms with E-state index in [1.165, 1.54) is 10.8 Å². The van der Waals surface area contributed by atoms with Crippen LogP contribution in [0.3, 0.4) is 0 Å². The highest BCUT2D eigenvalue weighted by atomic mass is 19.1. The summed E-state index contributed by atoms with van der Waals surface area (Å²) in [6, 6.07) is 11.5. The number of benzene rings is 2. The van der Waals surface area contributed by atoms with Crippen LogP contribution in [-0.2, 0) is 7.05 Å². The van der Waals surface area contributed by atoms with Crippen LogP contribution in [-0.4, -0.2) is 15.6 Å². The number of carbonyl (C=O) groups is 1. The molecule has 0 saturated carbocycles. The first-order valence-corrected chi connectivity index (χ1v) is 7.31. The van der Waals surface area contributed by atoms with E-state index in [2.05, 4.69) is 0 Å². The second-order valence-corrected chi connectivity index (χ2v) is 5.50. The third-order valence-corrected chi connectivity index (χ3v) is 3.92. The third kappa shape index (κ3) is 2.88. The van der Waals surface area contributed by atoms with Gasteiger partial charge in [0.15, 0.2) is 0 Å². The van der Waals surface area contributed by atoms with Crippen LogP contribution in [0.2, 0.25) is 0 Å². The van der Waals surface area contributed by atoms with E-state index < -0.39 is 17.6 Å². The van der Waals surface area contributed by atoms with Crippen molar-refractivity contribution in [1.82, 2.24) is 4.57 Å². The highest BCUT2D eigenvalue weighted by Crippen LogP contribution is 2.32. The van der Waals surface area contributed by atoms with Gasteiger partial charge in [-0.2, -0.15) is 5.26 Å². The summed E-state index contributed by atoms with van der Waals surface area (Å²) in [6.07, 6.45) is 1.44. The molecule has 0 aliphatic rings. The number of carboxylic acids is 1. The van der Waals surface area contributed by atoms with Crippen molar-refractivity contribution >= 4 is 5.97 Å². The van der Waals surface area contributed by atoms with Crippen molar-refractivity contribution in [3.63, 3.8) is 0 Å². The normalized spacial score (nSPS) is 10.5. The second kappa shape index (κ2) is 6.21. The Kier molecular flexibility index (Phi) is 4.07. The Labute approximate surface area is 142 Å². The maximum atomic E-state index is 13.9. The first-order valence-electron chi connectivity index (χ1n) is 7.31. The van der Waals surface area contributed by atoms with Crippen molar-refractivity contribution in [3.8, 4) is 28.3 Å². The van der Waals surface area contributed by atoms with Gasteiger partial charge in [0, 0.05) is 24.4 Å². The van der Waals surface area contributed by atoms with Gasteiger partial charge in [-0.15, -0.1) is 0 Å². The lowest BCUT2D eigenvalue weighted by atomic mass is 9.98. The summed E-state index contributed by atoms with van der Waals surface area (Å²) >= 11 is 0.